The molecule has 0 aliphatic carbocycles. The Labute approximate surface area is 207 Å². The molecule has 0 bridgehead atoms. The van der Waals surface area contributed by atoms with Crippen LogP contribution in [0.25, 0.3) is 0 Å². The van der Waals surface area contributed by atoms with Crippen LogP contribution in [0.4, 0.5) is 17.1 Å². The van der Waals surface area contributed by atoms with Gasteiger partial charge in [0.2, 0.25) is 5.84 Å². The van der Waals surface area contributed by atoms with Gasteiger partial charge in [-0.05, 0) is 30.3 Å². The minimum atomic E-state index is -4.64. The van der Waals surface area contributed by atoms with Crippen molar-refractivity contribution in [3.8, 4) is 5.75 Å². The van der Waals surface area contributed by atoms with Crippen LogP contribution in [0.5, 0.6) is 5.75 Å². The first-order valence-electron chi connectivity index (χ1n) is 9.53. The second-order valence-electron chi connectivity index (χ2n) is 6.71. The quantitative estimate of drug-likeness (QED) is 0.0264. The number of nitrogen functional groups attached to an aromatic ring is 1. The third-order valence-electron chi connectivity index (χ3n) is 4.34. The summed E-state index contributed by atoms with van der Waals surface area (Å²) in [5.41, 5.74) is 7.53. The van der Waals surface area contributed by atoms with Crippen molar-refractivity contribution >= 4 is 51.0 Å². The minimum Gasteiger partial charge on any atom is -0.504 e. The number of phenols is 1. The number of carboxylic acids is 1. The van der Waals surface area contributed by atoms with Crippen molar-refractivity contribution in [1.82, 2.24) is 0 Å². The summed E-state index contributed by atoms with van der Waals surface area (Å²) >= 11 is 0.581. The number of phenolic OH excluding ortho intramolecular Hbond substituents is 1. The fraction of sp³-hybridized carbons (Fsp3) is 0. The summed E-state index contributed by atoms with van der Waals surface area (Å²) in [5, 5.41) is 43.5. The fourth-order valence-electron chi connectivity index (χ4n) is 2.69. The van der Waals surface area contributed by atoms with Crippen molar-refractivity contribution in [2.75, 3.05) is 11.2 Å². The van der Waals surface area contributed by atoms with Gasteiger partial charge >= 0.3 is 5.97 Å². The average Bonchev–Trinajstić information content (AvgIpc) is 2.84. The smallest absolute Gasteiger partial charge is 0.337 e. The van der Waals surface area contributed by atoms with Gasteiger partial charge in [-0.3, -0.25) is 9.98 Å². The number of hydrogen-bond donors (Lipinski definition) is 6. The third kappa shape index (κ3) is 6.75. The van der Waals surface area contributed by atoms with Crippen molar-refractivity contribution < 1.29 is 42.6 Å². The summed E-state index contributed by atoms with van der Waals surface area (Å²) in [6, 6.07) is 14.0. The van der Waals surface area contributed by atoms with Crippen molar-refractivity contribution in [3.63, 3.8) is 0 Å². The largest absolute Gasteiger partial charge is 0.504 e. The number of rotatable bonds is 9. The van der Waals surface area contributed by atoms with Crippen molar-refractivity contribution in [3.05, 3.63) is 71.8 Å². The average molecular weight is 536 g/mol. The number of benzene rings is 3. The maximum atomic E-state index is 11.6. The maximum Gasteiger partial charge on any atom is 0.337 e. The van der Waals surface area contributed by atoms with Crippen LogP contribution in [-0.4, -0.2) is 40.2 Å². The van der Waals surface area contributed by atoms with Gasteiger partial charge in [-0.1, -0.05) is 35.4 Å². The highest BCUT2D eigenvalue weighted by atomic mass is 32.2. The van der Waals surface area contributed by atoms with E-state index in [0.717, 1.165) is 12.1 Å². The molecule has 14 nitrogen and oxygen atoms in total. The molecule has 16 heteroatoms. The highest BCUT2D eigenvalue weighted by Crippen LogP contribution is 2.33. The minimum absolute atomic E-state index is 0.0990. The highest BCUT2D eigenvalue weighted by Gasteiger charge is 2.16. The van der Waals surface area contributed by atoms with Gasteiger partial charge < -0.3 is 15.9 Å². The van der Waals surface area contributed by atoms with Gasteiger partial charge in [-0.15, -0.1) is 14.6 Å². The predicted octanol–water partition coefficient (Wildman–Crippen LogP) is 3.91. The molecule has 0 saturated heterocycles. The summed E-state index contributed by atoms with van der Waals surface area (Å²) in [6.07, 6.45) is 0. The number of anilines is 2. The Balaban J connectivity index is 2.04. The normalized spacial score (nSPS) is 12.1. The number of nitrogens with zero attached hydrogens (tertiary/aromatic N) is 3. The molecule has 36 heavy (non-hydrogen) atoms. The summed E-state index contributed by atoms with van der Waals surface area (Å²) in [4.78, 5) is 11.3. The van der Waals surface area contributed by atoms with Crippen molar-refractivity contribution in [2.45, 2.75) is 9.79 Å². The maximum absolute atomic E-state index is 11.6. The van der Waals surface area contributed by atoms with Gasteiger partial charge in [0.15, 0.2) is 5.75 Å². The molecule has 3 aromatic carbocycles. The van der Waals surface area contributed by atoms with E-state index in [0.29, 0.717) is 22.5 Å². The molecule has 0 aliphatic rings. The van der Waals surface area contributed by atoms with Crippen molar-refractivity contribution in [2.24, 2.45) is 15.3 Å². The first-order chi connectivity index (χ1) is 17.1. The molecule has 7 N–H and O–H groups in total. The number of nitrogens with two attached hydrogens (primary N) is 1. The number of hydrazone groups is 1. The zero-order valence-electron chi connectivity index (χ0n) is 17.8. The van der Waals surface area contributed by atoms with Gasteiger partial charge in [0.25, 0.3) is 10.1 Å². The number of aromatic hydroxyl groups is 1. The lowest BCUT2D eigenvalue weighted by molar-refractivity contribution is -0.432. The Bertz CT molecular complexity index is 1430. The van der Waals surface area contributed by atoms with E-state index in [2.05, 4.69) is 30.1 Å². The van der Waals surface area contributed by atoms with Crippen LogP contribution in [0.1, 0.15) is 15.9 Å². The van der Waals surface area contributed by atoms with Crippen LogP contribution in [0.3, 0.4) is 0 Å². The first-order valence-corrected chi connectivity index (χ1v) is 11.7. The lowest BCUT2D eigenvalue weighted by Gasteiger charge is -2.09. The van der Waals surface area contributed by atoms with Gasteiger partial charge in [-0.25, -0.2) is 10.1 Å². The number of carbonyl (C=O) groups is 1. The van der Waals surface area contributed by atoms with E-state index in [4.69, 9.17) is 11.0 Å². The van der Waals surface area contributed by atoms with Gasteiger partial charge in [0.05, 0.1) is 28.2 Å². The Morgan fingerprint density at radius 2 is 1.81 bits per heavy atom. The van der Waals surface area contributed by atoms with Crippen LogP contribution in [0.15, 0.2) is 85.8 Å². The van der Waals surface area contributed by atoms with Crippen LogP contribution in [0, 0.1) is 0 Å². The SMILES string of the molecule is Nc1cc(S(=O)(=O)O)cc(NN=C(N=Nc2cc(SOOO)ccc2C(=O)O)c2ccccc2)c1O. The molecular weight excluding hydrogens is 518 g/mol. The van der Waals surface area contributed by atoms with Gasteiger partial charge in [-0.2, -0.15) is 13.5 Å². The summed E-state index contributed by atoms with van der Waals surface area (Å²) in [6.45, 7) is 0. The van der Waals surface area contributed by atoms with E-state index in [1.165, 1.54) is 18.2 Å². The molecule has 3 rings (SSSR count). The number of carboxylic acid groups (broad SMARTS) is 1. The number of amidine groups is 1. The molecule has 0 unspecified atom stereocenters. The molecule has 0 aromatic heterocycles. The zero-order chi connectivity index (χ0) is 26.3. The standard InChI is InChI=1S/C20H17N5O9S2/c21-15-9-13(36(30,31)32)10-17(18(15)26)23-25-19(11-4-2-1-3-5-11)24-22-16-8-12(35-34-33-29)6-7-14(16)20(27)28/h1-10,23,26,29H,21H2,(H,27,28)(H,30,31,32). The van der Waals surface area contributed by atoms with Gasteiger partial charge in [0.1, 0.15) is 11.4 Å². The van der Waals surface area contributed by atoms with Crippen molar-refractivity contribution in [1.29, 1.82) is 0 Å². The van der Waals surface area contributed by atoms with E-state index in [1.807, 2.05) is 0 Å². The topological polar surface area (TPSA) is 226 Å². The Hall–Kier alpha value is -4.06. The third-order valence-corrected chi connectivity index (χ3v) is 5.74. The predicted molar refractivity (Wildman–Crippen MR) is 128 cm³/mol. The zero-order valence-corrected chi connectivity index (χ0v) is 19.5. The summed E-state index contributed by atoms with van der Waals surface area (Å²) in [5.74, 6) is -1.94. The van der Waals surface area contributed by atoms with Crippen LogP contribution in [-0.2, 0) is 19.5 Å². The number of aromatic carboxylic acids is 1. The molecule has 0 atom stereocenters. The molecule has 0 spiro atoms. The first kappa shape index (κ1) is 26.5. The molecule has 0 saturated carbocycles. The molecule has 0 heterocycles. The fourth-order valence-corrected chi connectivity index (χ4v) is 3.63. The van der Waals surface area contributed by atoms with Gasteiger partial charge in [0, 0.05) is 10.5 Å². The molecule has 0 amide bonds. The van der Waals surface area contributed by atoms with Crippen LogP contribution < -0.4 is 11.2 Å². The number of azo groups is 1. The monoisotopic (exact) mass is 535 g/mol. The lowest BCUT2D eigenvalue weighted by atomic mass is 10.2. The summed E-state index contributed by atoms with van der Waals surface area (Å²) < 4.78 is 36.6. The second kappa shape index (κ2) is 11.6. The highest BCUT2D eigenvalue weighted by molar-refractivity contribution is 7.94. The number of nitrogens with one attached hydrogen (secondary N) is 1. The molecular formula is C20H17N5O9S2. The Kier molecular flexibility index (Phi) is 8.54. The van der Waals surface area contributed by atoms with Crippen LogP contribution in [0.2, 0.25) is 0 Å². The van der Waals surface area contributed by atoms with E-state index in [9.17, 15) is 28.0 Å². The van der Waals surface area contributed by atoms with E-state index in [1.54, 1.807) is 30.3 Å². The second-order valence-corrected chi connectivity index (χ2v) is 8.90. The van der Waals surface area contributed by atoms with Crippen LogP contribution >= 0.6 is 12.0 Å². The molecule has 188 valence electrons. The molecule has 3 aromatic rings. The summed E-state index contributed by atoms with van der Waals surface area (Å²) in [7, 11) is -4.64. The Morgan fingerprint density at radius 3 is 2.44 bits per heavy atom. The van der Waals surface area contributed by atoms with E-state index >= 15 is 0 Å². The number of hydrogen-bond acceptors (Lipinski definition) is 12. The Morgan fingerprint density at radius 1 is 1.08 bits per heavy atom. The lowest BCUT2D eigenvalue weighted by Crippen LogP contribution is -2.04. The molecule has 0 aliphatic heterocycles. The molecule has 0 fully saturated rings. The van der Waals surface area contributed by atoms with E-state index in [-0.39, 0.29) is 28.5 Å². The molecule has 0 radical (unpaired) electrons. The van der Waals surface area contributed by atoms with E-state index < -0.39 is 26.7 Å².